The van der Waals surface area contributed by atoms with Crippen molar-refractivity contribution in [3.05, 3.63) is 36.7 Å². The van der Waals surface area contributed by atoms with Gasteiger partial charge in [0.1, 0.15) is 17.9 Å². The third-order valence-electron chi connectivity index (χ3n) is 2.25. The molecule has 0 unspecified atom stereocenters. The molecule has 2 aromatic rings. The molecule has 0 fully saturated rings. The zero-order valence-corrected chi connectivity index (χ0v) is 10.9. The van der Waals surface area contributed by atoms with Crippen molar-refractivity contribution in [3.63, 3.8) is 0 Å². The second-order valence-corrected chi connectivity index (χ2v) is 5.75. The van der Waals surface area contributed by atoms with Gasteiger partial charge in [-0.3, -0.25) is 0 Å². The van der Waals surface area contributed by atoms with Crippen molar-refractivity contribution in [1.29, 1.82) is 0 Å². The molecular formula is C11H12N4O3S. The Morgan fingerprint density at radius 3 is 2.74 bits per heavy atom. The minimum atomic E-state index is -3.28. The van der Waals surface area contributed by atoms with Crippen LogP contribution in [0.3, 0.4) is 0 Å². The zero-order valence-electron chi connectivity index (χ0n) is 10.1. The van der Waals surface area contributed by atoms with Gasteiger partial charge in [0, 0.05) is 12.3 Å². The van der Waals surface area contributed by atoms with Gasteiger partial charge in [0.15, 0.2) is 9.84 Å². The van der Waals surface area contributed by atoms with Crippen LogP contribution in [0, 0.1) is 0 Å². The number of nitrogen functional groups attached to an aromatic ring is 1. The first-order valence-corrected chi connectivity index (χ1v) is 7.15. The topological polar surface area (TPSA) is 107 Å². The number of hydrazine groups is 1. The fourth-order valence-electron chi connectivity index (χ4n) is 1.36. The second-order valence-electron chi connectivity index (χ2n) is 3.73. The van der Waals surface area contributed by atoms with Crippen LogP contribution in [-0.4, -0.2) is 24.6 Å². The lowest BCUT2D eigenvalue weighted by molar-refractivity contribution is 0.460. The summed E-state index contributed by atoms with van der Waals surface area (Å²) in [5.41, 5.74) is 2.36. The Labute approximate surface area is 110 Å². The maximum absolute atomic E-state index is 11.4. The zero-order chi connectivity index (χ0) is 13.9. The fourth-order valence-corrected chi connectivity index (χ4v) is 2.02. The minimum Gasteiger partial charge on any atom is -0.439 e. The van der Waals surface area contributed by atoms with Gasteiger partial charge in [-0.1, -0.05) is 6.07 Å². The third-order valence-corrected chi connectivity index (χ3v) is 3.36. The average molecular weight is 280 g/mol. The monoisotopic (exact) mass is 280 g/mol. The number of hydrogen-bond donors (Lipinski definition) is 2. The Morgan fingerprint density at radius 2 is 2.05 bits per heavy atom. The summed E-state index contributed by atoms with van der Waals surface area (Å²) in [5.74, 6) is 6.23. The molecule has 0 spiro atoms. The highest BCUT2D eigenvalue weighted by Gasteiger charge is 2.08. The second kappa shape index (κ2) is 5.21. The number of ether oxygens (including phenoxy) is 1. The van der Waals surface area contributed by atoms with Gasteiger partial charge >= 0.3 is 0 Å². The molecule has 100 valence electrons. The van der Waals surface area contributed by atoms with Crippen LogP contribution in [0.15, 0.2) is 41.6 Å². The lowest BCUT2D eigenvalue weighted by Crippen LogP contribution is -2.08. The van der Waals surface area contributed by atoms with Gasteiger partial charge in [0.05, 0.1) is 4.90 Å². The normalized spacial score (nSPS) is 11.1. The highest BCUT2D eigenvalue weighted by molar-refractivity contribution is 7.90. The number of nitrogens with zero attached hydrogens (tertiary/aromatic N) is 2. The van der Waals surface area contributed by atoms with Crippen LogP contribution in [0.2, 0.25) is 0 Å². The molecule has 1 aromatic carbocycles. The quantitative estimate of drug-likeness (QED) is 0.634. The van der Waals surface area contributed by atoms with Gasteiger partial charge in [-0.2, -0.15) is 0 Å². The predicted octanol–water partition coefficient (Wildman–Crippen LogP) is 0.958. The first kappa shape index (κ1) is 13.2. The third kappa shape index (κ3) is 3.39. The van der Waals surface area contributed by atoms with Crippen LogP contribution in [0.25, 0.3) is 0 Å². The van der Waals surface area contributed by atoms with Crippen molar-refractivity contribution in [1.82, 2.24) is 9.97 Å². The van der Waals surface area contributed by atoms with Gasteiger partial charge < -0.3 is 10.2 Å². The van der Waals surface area contributed by atoms with E-state index in [2.05, 4.69) is 15.4 Å². The van der Waals surface area contributed by atoms with Crippen molar-refractivity contribution in [2.45, 2.75) is 4.90 Å². The standard InChI is InChI=1S/C11H12N4O3S/c1-19(16,17)9-4-2-3-8(5-9)18-11-6-10(15-12)13-7-14-11/h2-7H,12H2,1H3,(H,13,14,15). The van der Waals surface area contributed by atoms with E-state index in [1.165, 1.54) is 24.5 Å². The first-order valence-electron chi connectivity index (χ1n) is 5.25. The van der Waals surface area contributed by atoms with E-state index in [1.54, 1.807) is 12.1 Å². The van der Waals surface area contributed by atoms with Crippen LogP contribution in [0.1, 0.15) is 0 Å². The molecule has 1 heterocycles. The summed E-state index contributed by atoms with van der Waals surface area (Å²) in [7, 11) is -3.28. The van der Waals surface area contributed by atoms with E-state index < -0.39 is 9.84 Å². The van der Waals surface area contributed by atoms with Gasteiger partial charge in [0.25, 0.3) is 0 Å². The van der Waals surface area contributed by atoms with Crippen LogP contribution < -0.4 is 16.0 Å². The first-order chi connectivity index (χ1) is 8.99. The lowest BCUT2D eigenvalue weighted by atomic mass is 10.3. The SMILES string of the molecule is CS(=O)(=O)c1cccc(Oc2cc(NN)ncn2)c1. The van der Waals surface area contributed by atoms with E-state index in [0.29, 0.717) is 11.6 Å². The van der Waals surface area contributed by atoms with E-state index in [0.717, 1.165) is 6.26 Å². The molecule has 0 saturated heterocycles. The molecule has 0 aliphatic carbocycles. The highest BCUT2D eigenvalue weighted by atomic mass is 32.2. The van der Waals surface area contributed by atoms with E-state index in [9.17, 15) is 8.42 Å². The van der Waals surface area contributed by atoms with E-state index in [1.807, 2.05) is 0 Å². The van der Waals surface area contributed by atoms with Crippen molar-refractivity contribution >= 4 is 15.7 Å². The molecule has 2 rings (SSSR count). The molecule has 0 atom stereocenters. The summed E-state index contributed by atoms with van der Waals surface area (Å²) in [6.07, 6.45) is 2.41. The lowest BCUT2D eigenvalue weighted by Gasteiger charge is -2.06. The number of rotatable bonds is 4. The molecule has 0 saturated carbocycles. The van der Waals surface area contributed by atoms with Crippen molar-refractivity contribution in [2.24, 2.45) is 5.84 Å². The average Bonchev–Trinajstić information content (AvgIpc) is 2.38. The number of nitrogens with two attached hydrogens (primary N) is 1. The Kier molecular flexibility index (Phi) is 3.63. The summed E-state index contributed by atoms with van der Waals surface area (Å²) < 4.78 is 28.3. The number of hydrogen-bond acceptors (Lipinski definition) is 7. The minimum absolute atomic E-state index is 0.177. The molecule has 7 nitrogen and oxygen atoms in total. The fraction of sp³-hybridized carbons (Fsp3) is 0.0909. The van der Waals surface area contributed by atoms with Crippen molar-refractivity contribution < 1.29 is 13.2 Å². The Hall–Kier alpha value is -2.19. The number of nitrogens with one attached hydrogen (secondary N) is 1. The van der Waals surface area contributed by atoms with Crippen LogP contribution in [0.5, 0.6) is 11.6 Å². The van der Waals surface area contributed by atoms with Gasteiger partial charge in [-0.05, 0) is 18.2 Å². The van der Waals surface area contributed by atoms with Crippen LogP contribution in [-0.2, 0) is 9.84 Å². The summed E-state index contributed by atoms with van der Waals surface area (Å²) in [4.78, 5) is 7.91. The number of sulfone groups is 1. The Bertz CT molecular complexity index is 688. The smallest absolute Gasteiger partial charge is 0.224 e. The number of anilines is 1. The van der Waals surface area contributed by atoms with Crippen molar-refractivity contribution in [3.8, 4) is 11.6 Å². The molecule has 19 heavy (non-hydrogen) atoms. The summed E-state index contributed by atoms with van der Waals surface area (Å²) in [6.45, 7) is 0. The molecular weight excluding hydrogens is 268 g/mol. The van der Waals surface area contributed by atoms with Gasteiger partial charge in [0.2, 0.25) is 5.88 Å². The predicted molar refractivity (Wildman–Crippen MR) is 69.5 cm³/mol. The molecule has 3 N–H and O–H groups in total. The highest BCUT2D eigenvalue weighted by Crippen LogP contribution is 2.23. The van der Waals surface area contributed by atoms with E-state index >= 15 is 0 Å². The largest absolute Gasteiger partial charge is 0.439 e. The maximum atomic E-state index is 11.4. The summed E-state index contributed by atoms with van der Waals surface area (Å²) in [5, 5.41) is 0. The molecule has 0 bridgehead atoms. The van der Waals surface area contributed by atoms with Crippen LogP contribution in [0.4, 0.5) is 5.82 Å². The van der Waals surface area contributed by atoms with E-state index in [4.69, 9.17) is 10.6 Å². The molecule has 0 radical (unpaired) electrons. The van der Waals surface area contributed by atoms with Gasteiger partial charge in [-0.25, -0.2) is 24.2 Å². The molecule has 0 amide bonds. The summed E-state index contributed by atoms with van der Waals surface area (Å²) in [6, 6.07) is 7.64. The van der Waals surface area contributed by atoms with Crippen LogP contribution >= 0.6 is 0 Å². The van der Waals surface area contributed by atoms with Gasteiger partial charge in [-0.15, -0.1) is 0 Å². The molecule has 0 aliphatic heterocycles. The maximum Gasteiger partial charge on any atom is 0.224 e. The number of aromatic nitrogens is 2. The number of benzene rings is 1. The Morgan fingerprint density at radius 1 is 1.26 bits per heavy atom. The molecule has 0 aliphatic rings. The molecule has 8 heteroatoms. The Balaban J connectivity index is 2.28. The summed E-state index contributed by atoms with van der Waals surface area (Å²) >= 11 is 0. The van der Waals surface area contributed by atoms with Crippen molar-refractivity contribution in [2.75, 3.05) is 11.7 Å². The molecule has 1 aromatic heterocycles. The van der Waals surface area contributed by atoms with E-state index in [-0.39, 0.29) is 10.8 Å².